The van der Waals surface area contributed by atoms with E-state index in [0.29, 0.717) is 11.3 Å². The van der Waals surface area contributed by atoms with Gasteiger partial charge in [-0.05, 0) is 42.3 Å². The summed E-state index contributed by atoms with van der Waals surface area (Å²) in [6.07, 6.45) is 0.984. The second kappa shape index (κ2) is 6.09. The number of carbonyl (C=O) groups excluding carboxylic acids is 1. The van der Waals surface area contributed by atoms with Crippen LogP contribution in [0.4, 0.5) is 11.4 Å². The third-order valence-corrected chi connectivity index (χ3v) is 3.77. The fourth-order valence-corrected chi connectivity index (χ4v) is 2.36. The van der Waals surface area contributed by atoms with E-state index >= 15 is 0 Å². The highest BCUT2D eigenvalue weighted by Crippen LogP contribution is 2.22. The normalized spacial score (nSPS) is 10.3. The van der Waals surface area contributed by atoms with Crippen molar-refractivity contribution < 1.29 is 4.79 Å². The number of hydrogen-bond donors (Lipinski definition) is 1. The second-order valence-corrected chi connectivity index (χ2v) is 5.53. The third-order valence-electron chi connectivity index (χ3n) is 3.28. The van der Waals surface area contributed by atoms with E-state index in [1.54, 1.807) is 24.1 Å². The van der Waals surface area contributed by atoms with Crippen LogP contribution in [0.15, 0.2) is 46.9 Å². The van der Waals surface area contributed by atoms with Crippen LogP contribution in [0.1, 0.15) is 22.8 Å². The molecule has 20 heavy (non-hydrogen) atoms. The van der Waals surface area contributed by atoms with Crippen molar-refractivity contribution in [1.29, 1.82) is 0 Å². The molecule has 0 radical (unpaired) electrons. The number of benzene rings is 2. The van der Waals surface area contributed by atoms with E-state index in [1.165, 1.54) is 5.56 Å². The number of nitrogens with two attached hydrogens (primary N) is 1. The number of hydrogen-bond acceptors (Lipinski definition) is 2. The molecule has 1 amide bonds. The average molecular weight is 333 g/mol. The van der Waals surface area contributed by atoms with E-state index in [4.69, 9.17) is 5.73 Å². The van der Waals surface area contributed by atoms with Gasteiger partial charge in [-0.25, -0.2) is 0 Å². The van der Waals surface area contributed by atoms with Gasteiger partial charge in [0.2, 0.25) is 0 Å². The first-order valence-electron chi connectivity index (χ1n) is 6.45. The smallest absolute Gasteiger partial charge is 0.260 e. The highest BCUT2D eigenvalue weighted by Gasteiger charge is 2.16. The van der Waals surface area contributed by atoms with Gasteiger partial charge >= 0.3 is 0 Å². The average Bonchev–Trinajstić information content (AvgIpc) is 2.46. The van der Waals surface area contributed by atoms with Gasteiger partial charge in [0.1, 0.15) is 0 Å². The lowest BCUT2D eigenvalue weighted by atomic mass is 10.1. The Morgan fingerprint density at radius 3 is 2.40 bits per heavy atom. The first kappa shape index (κ1) is 14.6. The monoisotopic (exact) mass is 332 g/mol. The van der Waals surface area contributed by atoms with Crippen molar-refractivity contribution in [3.8, 4) is 0 Å². The molecular formula is C16H17BrN2O. The van der Waals surface area contributed by atoms with Crippen LogP contribution in [0.5, 0.6) is 0 Å². The summed E-state index contributed by atoms with van der Waals surface area (Å²) in [5, 5.41) is 0. The standard InChI is InChI=1S/C16H17BrN2O/c1-3-11-4-7-13(8-5-11)19(2)16(20)14-9-6-12(17)10-15(14)18/h4-10H,3,18H2,1-2H3. The Labute approximate surface area is 127 Å². The molecule has 2 aromatic carbocycles. The van der Waals surface area contributed by atoms with Gasteiger partial charge < -0.3 is 10.6 Å². The molecule has 104 valence electrons. The minimum Gasteiger partial charge on any atom is -0.398 e. The van der Waals surface area contributed by atoms with Crippen LogP contribution in [0.3, 0.4) is 0 Å². The Bertz CT molecular complexity index is 623. The van der Waals surface area contributed by atoms with Crippen molar-refractivity contribution in [3.05, 3.63) is 58.1 Å². The minimum atomic E-state index is -0.112. The van der Waals surface area contributed by atoms with Crippen LogP contribution < -0.4 is 10.6 Å². The molecule has 0 heterocycles. The summed E-state index contributed by atoms with van der Waals surface area (Å²) in [7, 11) is 1.75. The van der Waals surface area contributed by atoms with Crippen LogP contribution in [-0.4, -0.2) is 13.0 Å². The molecule has 0 atom stereocenters. The zero-order chi connectivity index (χ0) is 14.7. The number of halogens is 1. The van der Waals surface area contributed by atoms with Gasteiger partial charge in [-0.2, -0.15) is 0 Å². The molecule has 0 saturated carbocycles. The molecule has 0 bridgehead atoms. The highest BCUT2D eigenvalue weighted by molar-refractivity contribution is 9.10. The van der Waals surface area contributed by atoms with Crippen molar-refractivity contribution in [1.82, 2.24) is 0 Å². The predicted octanol–water partition coefficient (Wildman–Crippen LogP) is 3.87. The Morgan fingerprint density at radius 2 is 1.85 bits per heavy atom. The van der Waals surface area contributed by atoms with Gasteiger partial charge in [0.25, 0.3) is 5.91 Å². The fraction of sp³-hybridized carbons (Fsp3) is 0.188. The number of nitrogen functional groups attached to an aromatic ring is 1. The maximum atomic E-state index is 12.5. The Morgan fingerprint density at radius 1 is 1.20 bits per heavy atom. The number of carbonyl (C=O) groups is 1. The number of anilines is 2. The molecule has 0 fully saturated rings. The molecule has 0 spiro atoms. The van der Waals surface area contributed by atoms with Crippen molar-refractivity contribution >= 4 is 33.2 Å². The van der Waals surface area contributed by atoms with E-state index in [1.807, 2.05) is 30.3 Å². The summed E-state index contributed by atoms with van der Waals surface area (Å²) in [6.45, 7) is 2.10. The van der Waals surface area contributed by atoms with E-state index in [9.17, 15) is 4.79 Å². The van der Waals surface area contributed by atoms with E-state index in [-0.39, 0.29) is 5.91 Å². The lowest BCUT2D eigenvalue weighted by Crippen LogP contribution is -2.27. The van der Waals surface area contributed by atoms with Crippen LogP contribution >= 0.6 is 15.9 Å². The minimum absolute atomic E-state index is 0.112. The lowest BCUT2D eigenvalue weighted by molar-refractivity contribution is 0.0994. The quantitative estimate of drug-likeness (QED) is 0.867. The third kappa shape index (κ3) is 3.02. The maximum absolute atomic E-state index is 12.5. The SMILES string of the molecule is CCc1ccc(N(C)C(=O)c2ccc(Br)cc2N)cc1. The molecule has 0 aliphatic heterocycles. The maximum Gasteiger partial charge on any atom is 0.260 e. The number of rotatable bonds is 3. The second-order valence-electron chi connectivity index (χ2n) is 4.62. The van der Waals surface area contributed by atoms with Gasteiger partial charge in [-0.1, -0.05) is 35.0 Å². The molecular weight excluding hydrogens is 316 g/mol. The summed E-state index contributed by atoms with van der Waals surface area (Å²) < 4.78 is 0.863. The predicted molar refractivity (Wildman–Crippen MR) is 87.1 cm³/mol. The van der Waals surface area contributed by atoms with E-state index < -0.39 is 0 Å². The fourth-order valence-electron chi connectivity index (χ4n) is 1.98. The highest BCUT2D eigenvalue weighted by atomic mass is 79.9. The van der Waals surface area contributed by atoms with Gasteiger partial charge in [-0.3, -0.25) is 4.79 Å². The summed E-state index contributed by atoms with van der Waals surface area (Å²) in [6, 6.07) is 13.3. The molecule has 4 heteroatoms. The molecule has 0 saturated heterocycles. The number of amides is 1. The van der Waals surface area contributed by atoms with Crippen LogP contribution in [0.2, 0.25) is 0 Å². The van der Waals surface area contributed by atoms with Crippen molar-refractivity contribution in [2.24, 2.45) is 0 Å². The molecule has 2 N–H and O–H groups in total. The molecule has 0 unspecified atom stereocenters. The van der Waals surface area contributed by atoms with Gasteiger partial charge in [-0.15, -0.1) is 0 Å². The van der Waals surface area contributed by atoms with Crippen LogP contribution in [0.25, 0.3) is 0 Å². The van der Waals surface area contributed by atoms with Gasteiger partial charge in [0, 0.05) is 22.9 Å². The summed E-state index contributed by atoms with van der Waals surface area (Å²) in [5.74, 6) is -0.112. The van der Waals surface area contributed by atoms with Crippen molar-refractivity contribution in [3.63, 3.8) is 0 Å². The van der Waals surface area contributed by atoms with E-state index in [0.717, 1.165) is 16.6 Å². The number of nitrogens with zero attached hydrogens (tertiary/aromatic N) is 1. The molecule has 0 aromatic heterocycles. The topological polar surface area (TPSA) is 46.3 Å². The van der Waals surface area contributed by atoms with Crippen molar-refractivity contribution in [2.75, 3.05) is 17.7 Å². The summed E-state index contributed by atoms with van der Waals surface area (Å²) in [4.78, 5) is 14.1. The Hall–Kier alpha value is -1.81. The van der Waals surface area contributed by atoms with Crippen LogP contribution in [0, 0.1) is 0 Å². The first-order chi connectivity index (χ1) is 9.52. The first-order valence-corrected chi connectivity index (χ1v) is 7.24. The van der Waals surface area contributed by atoms with Crippen molar-refractivity contribution in [2.45, 2.75) is 13.3 Å². The zero-order valence-electron chi connectivity index (χ0n) is 11.6. The molecule has 3 nitrogen and oxygen atoms in total. The Balaban J connectivity index is 2.27. The molecule has 0 aliphatic carbocycles. The number of aryl methyl sites for hydroxylation is 1. The van der Waals surface area contributed by atoms with Gasteiger partial charge in [0.05, 0.1) is 5.56 Å². The Kier molecular flexibility index (Phi) is 4.45. The summed E-state index contributed by atoms with van der Waals surface area (Å²) >= 11 is 3.34. The molecule has 2 aromatic rings. The zero-order valence-corrected chi connectivity index (χ0v) is 13.1. The van der Waals surface area contributed by atoms with Crippen LogP contribution in [-0.2, 0) is 6.42 Å². The largest absolute Gasteiger partial charge is 0.398 e. The van der Waals surface area contributed by atoms with Gasteiger partial charge in [0.15, 0.2) is 0 Å². The van der Waals surface area contributed by atoms with E-state index in [2.05, 4.69) is 22.9 Å². The summed E-state index contributed by atoms with van der Waals surface area (Å²) in [5.41, 5.74) is 8.99. The molecule has 0 aliphatic rings. The lowest BCUT2D eigenvalue weighted by Gasteiger charge is -2.18. The molecule has 2 rings (SSSR count).